The van der Waals surface area contributed by atoms with Gasteiger partial charge in [0.15, 0.2) is 0 Å². The van der Waals surface area contributed by atoms with E-state index in [9.17, 15) is 19.7 Å². The highest BCUT2D eigenvalue weighted by atomic mass is 35.5. The molecule has 0 fully saturated rings. The second kappa shape index (κ2) is 10.6. The molecule has 5 rings (SSSR count). The first-order chi connectivity index (χ1) is 19.1. The summed E-state index contributed by atoms with van der Waals surface area (Å²) in [5.41, 5.74) is 1.18. The average molecular weight is 580 g/mol. The van der Waals surface area contributed by atoms with Crippen LogP contribution in [0.2, 0.25) is 10.0 Å². The third kappa shape index (κ3) is 4.51. The number of nitro groups is 1. The number of H-pyrrole nitrogens is 2. The molecule has 40 heavy (non-hydrogen) atoms. The second-order valence-corrected chi connectivity index (χ2v) is 9.92. The van der Waals surface area contributed by atoms with E-state index in [1.165, 1.54) is 34.7 Å². The van der Waals surface area contributed by atoms with E-state index < -0.39 is 22.0 Å². The standard InChI is InChI=1S/C28H23Cl2N5O5/c1-15-24(27(36)33(31-15)21-10-6-4-8-19(21)29)26(18-14-17(35(38)39)12-13-23(18)40-3)25-16(2)32-34(28(25)37)22-11-7-5-9-20(22)30/h4-14,26,31-32H,1-3H3. The molecular weight excluding hydrogens is 557 g/mol. The summed E-state index contributed by atoms with van der Waals surface area (Å²) >= 11 is 12.8. The zero-order valence-electron chi connectivity index (χ0n) is 21.6. The quantitative estimate of drug-likeness (QED) is 0.190. The molecule has 0 bridgehead atoms. The van der Waals surface area contributed by atoms with Crippen LogP contribution in [0.5, 0.6) is 5.75 Å². The van der Waals surface area contributed by atoms with Crippen LogP contribution in [0.4, 0.5) is 5.69 Å². The normalized spacial score (nSPS) is 11.2. The lowest BCUT2D eigenvalue weighted by molar-refractivity contribution is -0.384. The third-order valence-corrected chi connectivity index (χ3v) is 7.37. The number of aryl methyl sites for hydroxylation is 2. The molecule has 0 saturated carbocycles. The first-order valence-corrected chi connectivity index (χ1v) is 12.8. The summed E-state index contributed by atoms with van der Waals surface area (Å²) in [6.45, 7) is 3.38. The number of nitrogens with one attached hydrogen (secondary N) is 2. The number of rotatable bonds is 7. The number of para-hydroxylation sites is 2. The number of nitro benzene ring substituents is 1. The van der Waals surface area contributed by atoms with Gasteiger partial charge in [0.05, 0.1) is 50.5 Å². The Balaban J connectivity index is 1.86. The number of aromatic nitrogens is 4. The van der Waals surface area contributed by atoms with Gasteiger partial charge in [-0.25, -0.2) is 9.36 Å². The van der Waals surface area contributed by atoms with Gasteiger partial charge in [0.25, 0.3) is 16.8 Å². The molecule has 3 aromatic carbocycles. The molecule has 204 valence electrons. The van der Waals surface area contributed by atoms with Crippen LogP contribution >= 0.6 is 23.2 Å². The van der Waals surface area contributed by atoms with Gasteiger partial charge in [-0.2, -0.15) is 0 Å². The molecule has 2 N–H and O–H groups in total. The van der Waals surface area contributed by atoms with E-state index in [2.05, 4.69) is 10.2 Å². The van der Waals surface area contributed by atoms with Crippen molar-refractivity contribution in [2.75, 3.05) is 7.11 Å². The van der Waals surface area contributed by atoms with Crippen LogP contribution in [0.15, 0.2) is 76.3 Å². The predicted molar refractivity (Wildman–Crippen MR) is 153 cm³/mol. The van der Waals surface area contributed by atoms with Gasteiger partial charge in [-0.3, -0.25) is 29.9 Å². The largest absolute Gasteiger partial charge is 0.496 e. The number of aromatic amines is 2. The molecule has 10 nitrogen and oxygen atoms in total. The number of benzene rings is 3. The van der Waals surface area contributed by atoms with E-state index in [1.54, 1.807) is 62.4 Å². The fourth-order valence-electron chi connectivity index (χ4n) is 4.92. The molecule has 2 heterocycles. The molecular formula is C28H23Cl2N5O5. The molecule has 0 aliphatic carbocycles. The van der Waals surface area contributed by atoms with Crippen LogP contribution in [-0.4, -0.2) is 31.6 Å². The van der Waals surface area contributed by atoms with Crippen molar-refractivity contribution in [2.45, 2.75) is 19.8 Å². The summed E-state index contributed by atoms with van der Waals surface area (Å²) in [5.74, 6) is -0.793. The summed E-state index contributed by atoms with van der Waals surface area (Å²) in [6.07, 6.45) is 0. The number of hydrogen-bond acceptors (Lipinski definition) is 5. The van der Waals surface area contributed by atoms with Gasteiger partial charge in [-0.15, -0.1) is 0 Å². The van der Waals surface area contributed by atoms with Gasteiger partial charge in [0, 0.05) is 29.1 Å². The molecule has 2 aromatic heterocycles. The molecule has 0 unspecified atom stereocenters. The highest BCUT2D eigenvalue weighted by molar-refractivity contribution is 6.32. The maximum absolute atomic E-state index is 14.1. The lowest BCUT2D eigenvalue weighted by atomic mass is 9.84. The van der Waals surface area contributed by atoms with Crippen molar-refractivity contribution >= 4 is 28.9 Å². The SMILES string of the molecule is COc1ccc([N+](=O)[O-])cc1C(c1c(C)[nH]n(-c2ccccc2Cl)c1=O)c1c(C)[nH]n(-c2ccccc2Cl)c1=O. The highest BCUT2D eigenvalue weighted by Gasteiger charge is 2.34. The number of hydrogen-bond donors (Lipinski definition) is 2. The summed E-state index contributed by atoms with van der Waals surface area (Å²) in [6, 6.07) is 17.7. The van der Waals surface area contributed by atoms with Crippen LogP contribution in [-0.2, 0) is 0 Å². The zero-order valence-corrected chi connectivity index (χ0v) is 23.1. The lowest BCUT2D eigenvalue weighted by Gasteiger charge is -2.18. The van der Waals surface area contributed by atoms with Crippen molar-refractivity contribution in [3.8, 4) is 17.1 Å². The average Bonchev–Trinajstić information content (AvgIpc) is 3.39. The zero-order chi connectivity index (χ0) is 28.7. The Morgan fingerprint density at radius 2 is 1.30 bits per heavy atom. The van der Waals surface area contributed by atoms with Gasteiger partial charge in [-0.1, -0.05) is 47.5 Å². The highest BCUT2D eigenvalue weighted by Crippen LogP contribution is 2.39. The number of ether oxygens (including phenoxy) is 1. The van der Waals surface area contributed by atoms with Gasteiger partial charge in [0.1, 0.15) is 5.75 Å². The summed E-state index contributed by atoms with van der Waals surface area (Å²) in [4.78, 5) is 39.3. The number of non-ortho nitro benzene ring substituents is 1. The molecule has 5 aromatic rings. The lowest BCUT2D eigenvalue weighted by Crippen LogP contribution is -2.26. The maximum Gasteiger partial charge on any atom is 0.275 e. The summed E-state index contributed by atoms with van der Waals surface area (Å²) in [5, 5.41) is 18.5. The molecule has 0 spiro atoms. The van der Waals surface area contributed by atoms with Crippen molar-refractivity contribution in [2.24, 2.45) is 0 Å². The van der Waals surface area contributed by atoms with Gasteiger partial charge >= 0.3 is 0 Å². The Bertz CT molecular complexity index is 1780. The Labute approximate surface area is 237 Å². The smallest absolute Gasteiger partial charge is 0.275 e. The Hall–Kier alpha value is -4.54. The molecule has 0 aliphatic rings. The Morgan fingerprint density at radius 1 is 0.825 bits per heavy atom. The molecule has 12 heteroatoms. The van der Waals surface area contributed by atoms with Crippen LogP contribution in [0.3, 0.4) is 0 Å². The summed E-state index contributed by atoms with van der Waals surface area (Å²) in [7, 11) is 1.42. The topological polar surface area (TPSA) is 128 Å². The molecule has 0 saturated heterocycles. The molecule has 0 radical (unpaired) electrons. The van der Waals surface area contributed by atoms with Gasteiger partial charge in [0.2, 0.25) is 0 Å². The molecule has 0 atom stereocenters. The maximum atomic E-state index is 14.1. The fourth-order valence-corrected chi connectivity index (χ4v) is 5.36. The number of halogens is 2. The van der Waals surface area contributed by atoms with Crippen molar-refractivity contribution in [1.82, 2.24) is 19.6 Å². The Morgan fingerprint density at radius 3 is 1.73 bits per heavy atom. The van der Waals surface area contributed by atoms with E-state index >= 15 is 0 Å². The molecule has 0 aliphatic heterocycles. The van der Waals surface area contributed by atoms with E-state index in [4.69, 9.17) is 27.9 Å². The van der Waals surface area contributed by atoms with E-state index in [-0.39, 0.29) is 28.1 Å². The third-order valence-electron chi connectivity index (χ3n) is 6.73. The first kappa shape index (κ1) is 27.0. The Kier molecular flexibility index (Phi) is 7.14. The second-order valence-electron chi connectivity index (χ2n) is 9.10. The fraction of sp³-hybridized carbons (Fsp3) is 0.143. The van der Waals surface area contributed by atoms with E-state index in [1.807, 2.05) is 0 Å². The minimum Gasteiger partial charge on any atom is -0.496 e. The number of nitrogens with zero attached hydrogens (tertiary/aromatic N) is 3. The van der Waals surface area contributed by atoms with Gasteiger partial charge in [-0.05, 0) is 44.2 Å². The van der Waals surface area contributed by atoms with Crippen LogP contribution in [0.25, 0.3) is 11.4 Å². The minimum absolute atomic E-state index is 0.198. The van der Waals surface area contributed by atoms with E-state index in [0.717, 1.165) is 0 Å². The molecule has 0 amide bonds. The van der Waals surface area contributed by atoms with Gasteiger partial charge < -0.3 is 4.74 Å². The van der Waals surface area contributed by atoms with Crippen molar-refractivity contribution in [3.63, 3.8) is 0 Å². The summed E-state index contributed by atoms with van der Waals surface area (Å²) < 4.78 is 8.16. The van der Waals surface area contributed by atoms with Crippen LogP contribution < -0.4 is 15.9 Å². The monoisotopic (exact) mass is 579 g/mol. The van der Waals surface area contributed by atoms with Crippen molar-refractivity contribution in [3.05, 3.63) is 136 Å². The minimum atomic E-state index is -1.06. The van der Waals surface area contributed by atoms with Crippen molar-refractivity contribution < 1.29 is 9.66 Å². The van der Waals surface area contributed by atoms with Crippen LogP contribution in [0.1, 0.15) is 34.0 Å². The number of methoxy groups -OCH3 is 1. The van der Waals surface area contributed by atoms with E-state index in [0.29, 0.717) is 32.8 Å². The first-order valence-electron chi connectivity index (χ1n) is 12.1. The van der Waals surface area contributed by atoms with Crippen molar-refractivity contribution in [1.29, 1.82) is 0 Å². The van der Waals surface area contributed by atoms with Crippen LogP contribution in [0, 0.1) is 24.0 Å². The predicted octanol–water partition coefficient (Wildman–Crippen LogP) is 5.67.